The number of hydrogen-bond donors (Lipinski definition) is 1. The maximum Gasteiger partial charge on any atom is 0.360 e. The number of esters is 1. The van der Waals surface area contributed by atoms with Crippen LogP contribution in [0, 0.1) is 13.8 Å². The molecule has 0 bridgehead atoms. The standard InChI is InChI=1S/C12H15N3O2S/c1-7-4-9(18-8(7)2)5-15-6-14-10(11(15)13)12(16)17-3/h4,6H,5,13H2,1-3H3. The second-order valence-electron chi connectivity index (χ2n) is 4.05. The highest BCUT2D eigenvalue weighted by Crippen LogP contribution is 2.23. The lowest BCUT2D eigenvalue weighted by atomic mass is 10.3. The van der Waals surface area contributed by atoms with Crippen molar-refractivity contribution >= 4 is 23.1 Å². The van der Waals surface area contributed by atoms with Gasteiger partial charge >= 0.3 is 5.97 Å². The Morgan fingerprint density at radius 3 is 2.83 bits per heavy atom. The number of methoxy groups -OCH3 is 1. The number of nitrogens with two attached hydrogens (primary N) is 1. The summed E-state index contributed by atoms with van der Waals surface area (Å²) in [7, 11) is 1.31. The summed E-state index contributed by atoms with van der Waals surface area (Å²) in [6.07, 6.45) is 1.56. The predicted molar refractivity (Wildman–Crippen MR) is 70.9 cm³/mol. The summed E-state index contributed by atoms with van der Waals surface area (Å²) in [5.41, 5.74) is 7.31. The summed E-state index contributed by atoms with van der Waals surface area (Å²) in [4.78, 5) is 17.8. The molecule has 0 fully saturated rings. The number of carbonyl (C=O) groups excluding carboxylic acids is 1. The van der Waals surface area contributed by atoms with Crippen LogP contribution in [0.5, 0.6) is 0 Å². The third kappa shape index (κ3) is 2.24. The topological polar surface area (TPSA) is 70.1 Å². The SMILES string of the molecule is COC(=O)c1ncn(Cc2cc(C)c(C)s2)c1N. The first-order valence-corrected chi connectivity index (χ1v) is 6.29. The summed E-state index contributed by atoms with van der Waals surface area (Å²) < 4.78 is 6.36. The molecule has 18 heavy (non-hydrogen) atoms. The number of imidazole rings is 1. The molecule has 2 rings (SSSR count). The molecule has 0 atom stereocenters. The van der Waals surface area contributed by atoms with Gasteiger partial charge < -0.3 is 15.0 Å². The van der Waals surface area contributed by atoms with Gasteiger partial charge in [0.2, 0.25) is 0 Å². The van der Waals surface area contributed by atoms with Crippen LogP contribution in [0.2, 0.25) is 0 Å². The van der Waals surface area contributed by atoms with Gasteiger partial charge in [0.1, 0.15) is 5.82 Å². The van der Waals surface area contributed by atoms with E-state index in [9.17, 15) is 4.79 Å². The minimum Gasteiger partial charge on any atom is -0.464 e. The van der Waals surface area contributed by atoms with E-state index in [4.69, 9.17) is 5.73 Å². The minimum absolute atomic E-state index is 0.169. The molecule has 0 unspecified atom stereocenters. The third-order valence-corrected chi connectivity index (χ3v) is 3.94. The van der Waals surface area contributed by atoms with E-state index >= 15 is 0 Å². The Bertz CT molecular complexity index is 567. The van der Waals surface area contributed by atoms with E-state index in [0.29, 0.717) is 12.4 Å². The number of anilines is 1. The Kier molecular flexibility index (Phi) is 3.38. The van der Waals surface area contributed by atoms with Gasteiger partial charge in [-0.2, -0.15) is 0 Å². The molecule has 0 aromatic carbocycles. The zero-order valence-electron chi connectivity index (χ0n) is 10.6. The van der Waals surface area contributed by atoms with Gasteiger partial charge in [-0.05, 0) is 25.5 Å². The fourth-order valence-electron chi connectivity index (χ4n) is 1.67. The van der Waals surface area contributed by atoms with E-state index in [1.54, 1.807) is 22.2 Å². The van der Waals surface area contributed by atoms with E-state index in [2.05, 4.69) is 29.6 Å². The van der Waals surface area contributed by atoms with Crippen molar-refractivity contribution in [1.29, 1.82) is 0 Å². The lowest BCUT2D eigenvalue weighted by Crippen LogP contribution is -2.08. The molecule has 0 aliphatic rings. The Labute approximate surface area is 109 Å². The second-order valence-corrected chi connectivity index (χ2v) is 5.39. The first-order valence-electron chi connectivity index (χ1n) is 5.47. The van der Waals surface area contributed by atoms with E-state index in [1.165, 1.54) is 22.4 Å². The van der Waals surface area contributed by atoms with Crippen LogP contribution in [0.3, 0.4) is 0 Å². The summed E-state index contributed by atoms with van der Waals surface area (Å²) in [6, 6.07) is 2.12. The fraction of sp³-hybridized carbons (Fsp3) is 0.333. The van der Waals surface area contributed by atoms with Crippen LogP contribution in [0.1, 0.15) is 25.8 Å². The molecule has 0 radical (unpaired) electrons. The van der Waals surface area contributed by atoms with E-state index < -0.39 is 5.97 Å². The Morgan fingerprint density at radius 1 is 1.56 bits per heavy atom. The van der Waals surface area contributed by atoms with Crippen molar-refractivity contribution in [2.24, 2.45) is 0 Å². The lowest BCUT2D eigenvalue weighted by molar-refractivity contribution is 0.0596. The highest BCUT2D eigenvalue weighted by molar-refractivity contribution is 7.12. The largest absolute Gasteiger partial charge is 0.464 e. The van der Waals surface area contributed by atoms with Crippen molar-refractivity contribution in [1.82, 2.24) is 9.55 Å². The number of thiophene rings is 1. The first-order chi connectivity index (χ1) is 8.52. The Balaban J connectivity index is 2.25. The van der Waals surface area contributed by atoms with Crippen LogP contribution < -0.4 is 5.73 Å². The van der Waals surface area contributed by atoms with Crippen molar-refractivity contribution in [3.63, 3.8) is 0 Å². The summed E-state index contributed by atoms with van der Waals surface area (Å²) in [5, 5.41) is 0. The number of ether oxygens (including phenoxy) is 1. The van der Waals surface area contributed by atoms with Crippen molar-refractivity contribution < 1.29 is 9.53 Å². The lowest BCUT2D eigenvalue weighted by Gasteiger charge is -2.03. The van der Waals surface area contributed by atoms with Crippen molar-refractivity contribution in [3.8, 4) is 0 Å². The van der Waals surface area contributed by atoms with Gasteiger partial charge in [-0.3, -0.25) is 0 Å². The Hall–Kier alpha value is -1.82. The van der Waals surface area contributed by atoms with Crippen LogP contribution in [0.15, 0.2) is 12.4 Å². The highest BCUT2D eigenvalue weighted by atomic mass is 32.1. The number of rotatable bonds is 3. The van der Waals surface area contributed by atoms with Crippen LogP contribution in [0.4, 0.5) is 5.82 Å². The van der Waals surface area contributed by atoms with Crippen LogP contribution in [-0.4, -0.2) is 22.6 Å². The summed E-state index contributed by atoms with van der Waals surface area (Å²) in [5.74, 6) is -0.171. The first kappa shape index (κ1) is 12.6. The molecular weight excluding hydrogens is 250 g/mol. The molecule has 5 nitrogen and oxygen atoms in total. The fourth-order valence-corrected chi connectivity index (χ4v) is 2.72. The zero-order chi connectivity index (χ0) is 13.3. The molecule has 0 saturated heterocycles. The van der Waals surface area contributed by atoms with E-state index in [0.717, 1.165) is 0 Å². The van der Waals surface area contributed by atoms with Crippen LogP contribution in [-0.2, 0) is 11.3 Å². The van der Waals surface area contributed by atoms with Crippen molar-refractivity contribution in [3.05, 3.63) is 33.4 Å². The molecular formula is C12H15N3O2S. The molecule has 2 N–H and O–H groups in total. The molecule has 0 saturated carbocycles. The maximum absolute atomic E-state index is 11.4. The minimum atomic E-state index is -0.509. The van der Waals surface area contributed by atoms with Gasteiger partial charge in [-0.25, -0.2) is 9.78 Å². The second kappa shape index (κ2) is 4.81. The molecule has 2 aromatic rings. The average Bonchev–Trinajstić information content (AvgIpc) is 2.84. The summed E-state index contributed by atoms with van der Waals surface area (Å²) >= 11 is 1.72. The third-order valence-electron chi connectivity index (χ3n) is 2.80. The van der Waals surface area contributed by atoms with Crippen molar-refractivity contribution in [2.45, 2.75) is 20.4 Å². The predicted octanol–water partition coefficient (Wildman–Crippen LogP) is 1.98. The molecule has 6 heteroatoms. The number of nitrogens with zero attached hydrogens (tertiary/aromatic N) is 2. The summed E-state index contributed by atoms with van der Waals surface area (Å²) in [6.45, 7) is 4.78. The molecule has 0 amide bonds. The smallest absolute Gasteiger partial charge is 0.360 e. The van der Waals surface area contributed by atoms with Gasteiger partial charge in [0, 0.05) is 9.75 Å². The van der Waals surface area contributed by atoms with Gasteiger partial charge in [-0.15, -0.1) is 11.3 Å². The number of nitrogen functional groups attached to an aromatic ring is 1. The average molecular weight is 265 g/mol. The number of aromatic nitrogens is 2. The van der Waals surface area contributed by atoms with E-state index in [1.807, 2.05) is 0 Å². The monoisotopic (exact) mass is 265 g/mol. The van der Waals surface area contributed by atoms with Gasteiger partial charge in [0.15, 0.2) is 5.69 Å². The molecule has 0 aliphatic carbocycles. The molecule has 0 aliphatic heterocycles. The highest BCUT2D eigenvalue weighted by Gasteiger charge is 2.16. The quantitative estimate of drug-likeness (QED) is 0.861. The van der Waals surface area contributed by atoms with Crippen LogP contribution in [0.25, 0.3) is 0 Å². The maximum atomic E-state index is 11.4. The van der Waals surface area contributed by atoms with E-state index in [-0.39, 0.29) is 5.69 Å². The Morgan fingerprint density at radius 2 is 2.28 bits per heavy atom. The molecule has 2 heterocycles. The molecule has 2 aromatic heterocycles. The van der Waals surface area contributed by atoms with Gasteiger partial charge in [-0.1, -0.05) is 0 Å². The zero-order valence-corrected chi connectivity index (χ0v) is 11.4. The normalized spacial score (nSPS) is 10.6. The molecule has 0 spiro atoms. The van der Waals surface area contributed by atoms with Crippen molar-refractivity contribution in [2.75, 3.05) is 12.8 Å². The number of aryl methyl sites for hydroxylation is 2. The number of hydrogen-bond acceptors (Lipinski definition) is 5. The van der Waals surface area contributed by atoms with Gasteiger partial charge in [0.05, 0.1) is 20.0 Å². The van der Waals surface area contributed by atoms with Crippen LogP contribution >= 0.6 is 11.3 Å². The number of carbonyl (C=O) groups is 1. The van der Waals surface area contributed by atoms with Gasteiger partial charge in [0.25, 0.3) is 0 Å². The molecule has 96 valence electrons.